The molecule has 24 heavy (non-hydrogen) atoms. The Morgan fingerprint density at radius 2 is 1.62 bits per heavy atom. The minimum absolute atomic E-state index is 0.131. The lowest BCUT2D eigenvalue weighted by atomic mass is 10.1. The lowest BCUT2D eigenvalue weighted by Crippen LogP contribution is -2.37. The van der Waals surface area contributed by atoms with Crippen molar-refractivity contribution in [3.05, 3.63) is 65.7 Å². The summed E-state index contributed by atoms with van der Waals surface area (Å²) in [5.41, 5.74) is 1.43. The van der Waals surface area contributed by atoms with Crippen molar-refractivity contribution in [1.29, 1.82) is 0 Å². The molecule has 2 aromatic rings. The number of amides is 3. The van der Waals surface area contributed by atoms with E-state index in [1.807, 2.05) is 0 Å². The maximum Gasteiger partial charge on any atom is 0.338 e. The van der Waals surface area contributed by atoms with E-state index in [9.17, 15) is 14.4 Å². The molecule has 0 aliphatic rings. The molecule has 0 heterocycles. The third-order valence-electron chi connectivity index (χ3n) is 2.99. The summed E-state index contributed by atoms with van der Waals surface area (Å²) in [6.45, 7) is -0.711. The number of urea groups is 1. The van der Waals surface area contributed by atoms with Gasteiger partial charge in [-0.25, -0.2) is 9.59 Å². The van der Waals surface area contributed by atoms with E-state index in [0.29, 0.717) is 11.3 Å². The maximum atomic E-state index is 11.8. The Kier molecular flexibility index (Phi) is 6.04. The molecule has 0 saturated carbocycles. The first-order valence-corrected chi connectivity index (χ1v) is 7.11. The zero-order valence-electron chi connectivity index (χ0n) is 12.7. The van der Waals surface area contributed by atoms with Gasteiger partial charge in [-0.2, -0.15) is 0 Å². The molecule has 124 valence electrons. The number of imide groups is 1. The fourth-order valence-corrected chi connectivity index (χ4v) is 1.81. The van der Waals surface area contributed by atoms with Crippen LogP contribution < -0.4 is 10.6 Å². The number of ether oxygens (including phenoxy) is 1. The molecule has 7 heteroatoms. The van der Waals surface area contributed by atoms with Crippen LogP contribution in [0.3, 0.4) is 0 Å². The molecule has 0 fully saturated rings. The van der Waals surface area contributed by atoms with Crippen LogP contribution in [-0.4, -0.2) is 29.6 Å². The third-order valence-corrected chi connectivity index (χ3v) is 2.99. The molecule has 3 N–H and O–H groups in total. The summed E-state index contributed by atoms with van der Waals surface area (Å²) >= 11 is 0. The number of aliphatic hydroxyl groups is 1. The molecule has 7 nitrogen and oxygen atoms in total. The Balaban J connectivity index is 1.77. The Hall–Kier alpha value is -3.19. The zero-order valence-corrected chi connectivity index (χ0v) is 12.7. The van der Waals surface area contributed by atoms with Crippen LogP contribution in [0.2, 0.25) is 0 Å². The van der Waals surface area contributed by atoms with Crippen LogP contribution in [0.1, 0.15) is 15.9 Å². The molecule has 2 rings (SSSR count). The second-order valence-corrected chi connectivity index (χ2v) is 4.80. The fraction of sp³-hybridized carbons (Fsp3) is 0.118. The molecule has 3 amide bonds. The molecule has 0 aliphatic carbocycles. The molecule has 0 spiro atoms. The van der Waals surface area contributed by atoms with Gasteiger partial charge in [0.2, 0.25) is 0 Å². The predicted octanol–water partition coefficient (Wildman–Crippen LogP) is 1.68. The Morgan fingerprint density at radius 3 is 2.25 bits per heavy atom. The van der Waals surface area contributed by atoms with E-state index in [4.69, 9.17) is 9.84 Å². The van der Waals surface area contributed by atoms with Crippen molar-refractivity contribution < 1.29 is 24.2 Å². The van der Waals surface area contributed by atoms with Crippen molar-refractivity contribution in [2.24, 2.45) is 0 Å². The van der Waals surface area contributed by atoms with Gasteiger partial charge in [-0.15, -0.1) is 0 Å². The molecule has 0 bridgehead atoms. The average Bonchev–Trinajstić information content (AvgIpc) is 2.60. The van der Waals surface area contributed by atoms with E-state index < -0.39 is 24.5 Å². The minimum atomic E-state index is -0.747. The minimum Gasteiger partial charge on any atom is -0.452 e. The maximum absolute atomic E-state index is 11.8. The highest BCUT2D eigenvalue weighted by molar-refractivity contribution is 6.02. The number of para-hydroxylation sites is 1. The average molecular weight is 328 g/mol. The smallest absolute Gasteiger partial charge is 0.338 e. The highest BCUT2D eigenvalue weighted by atomic mass is 16.5. The van der Waals surface area contributed by atoms with Gasteiger partial charge in [0.05, 0.1) is 12.2 Å². The van der Waals surface area contributed by atoms with Gasteiger partial charge in [-0.1, -0.05) is 30.3 Å². The van der Waals surface area contributed by atoms with Crippen molar-refractivity contribution in [3.8, 4) is 0 Å². The summed E-state index contributed by atoms with van der Waals surface area (Å²) in [4.78, 5) is 35.0. The number of esters is 1. The van der Waals surface area contributed by atoms with Gasteiger partial charge < -0.3 is 15.2 Å². The number of anilines is 1. The first-order valence-electron chi connectivity index (χ1n) is 7.11. The highest BCUT2D eigenvalue weighted by Gasteiger charge is 2.12. The van der Waals surface area contributed by atoms with Crippen molar-refractivity contribution in [1.82, 2.24) is 5.32 Å². The molecular formula is C17H16N2O5. The first kappa shape index (κ1) is 17.2. The van der Waals surface area contributed by atoms with E-state index in [1.54, 1.807) is 42.5 Å². The standard InChI is InChI=1S/C17H16N2O5/c20-10-12-6-8-13(9-7-12)16(22)24-11-15(21)19-17(23)18-14-4-2-1-3-5-14/h1-9,20H,10-11H2,(H2,18,19,21,23). The topological polar surface area (TPSA) is 105 Å². The summed E-state index contributed by atoms with van der Waals surface area (Å²) in [6.07, 6.45) is 0. The van der Waals surface area contributed by atoms with E-state index in [-0.39, 0.29) is 12.2 Å². The van der Waals surface area contributed by atoms with Gasteiger partial charge >= 0.3 is 12.0 Å². The summed E-state index contributed by atoms with van der Waals surface area (Å²) in [5.74, 6) is -1.44. The SMILES string of the molecule is O=C(COC(=O)c1ccc(CO)cc1)NC(=O)Nc1ccccc1. The second-order valence-electron chi connectivity index (χ2n) is 4.80. The molecule has 0 saturated heterocycles. The van der Waals surface area contributed by atoms with Crippen LogP contribution in [0, 0.1) is 0 Å². The van der Waals surface area contributed by atoms with Crippen LogP contribution >= 0.6 is 0 Å². The summed E-state index contributed by atoms with van der Waals surface area (Å²) in [5, 5.41) is 13.4. The van der Waals surface area contributed by atoms with Gasteiger partial charge in [-0.3, -0.25) is 10.1 Å². The number of hydrogen-bond donors (Lipinski definition) is 3. The number of aliphatic hydroxyl groups excluding tert-OH is 1. The molecule has 0 unspecified atom stereocenters. The molecular weight excluding hydrogens is 312 g/mol. The molecule has 0 atom stereocenters. The van der Waals surface area contributed by atoms with E-state index >= 15 is 0 Å². The lowest BCUT2D eigenvalue weighted by Gasteiger charge is -2.07. The lowest BCUT2D eigenvalue weighted by molar-refractivity contribution is -0.123. The number of benzene rings is 2. The van der Waals surface area contributed by atoms with Crippen LogP contribution in [0.4, 0.5) is 10.5 Å². The number of nitrogens with one attached hydrogen (secondary N) is 2. The van der Waals surface area contributed by atoms with Crippen molar-refractivity contribution in [3.63, 3.8) is 0 Å². The van der Waals surface area contributed by atoms with E-state index in [0.717, 1.165) is 0 Å². The normalized spacial score (nSPS) is 9.88. The quantitative estimate of drug-likeness (QED) is 0.724. The Bertz CT molecular complexity index is 714. The summed E-state index contributed by atoms with van der Waals surface area (Å²) in [6, 6.07) is 14.0. The van der Waals surface area contributed by atoms with E-state index in [2.05, 4.69) is 10.6 Å². The van der Waals surface area contributed by atoms with Gasteiger partial charge in [0, 0.05) is 5.69 Å². The van der Waals surface area contributed by atoms with Crippen LogP contribution in [0.25, 0.3) is 0 Å². The van der Waals surface area contributed by atoms with Crippen LogP contribution in [0.5, 0.6) is 0 Å². The molecule has 0 aromatic heterocycles. The highest BCUT2D eigenvalue weighted by Crippen LogP contribution is 2.06. The van der Waals surface area contributed by atoms with Crippen LogP contribution in [-0.2, 0) is 16.1 Å². The van der Waals surface area contributed by atoms with Crippen molar-refractivity contribution >= 4 is 23.6 Å². The van der Waals surface area contributed by atoms with Gasteiger partial charge in [0.15, 0.2) is 6.61 Å². The van der Waals surface area contributed by atoms with Crippen LogP contribution in [0.15, 0.2) is 54.6 Å². The number of rotatable bonds is 5. The monoisotopic (exact) mass is 328 g/mol. The van der Waals surface area contributed by atoms with Gasteiger partial charge in [-0.05, 0) is 29.8 Å². The summed E-state index contributed by atoms with van der Waals surface area (Å²) in [7, 11) is 0. The number of hydrogen-bond acceptors (Lipinski definition) is 5. The Morgan fingerprint density at radius 1 is 0.958 bits per heavy atom. The molecule has 2 aromatic carbocycles. The number of carbonyl (C=O) groups is 3. The number of carbonyl (C=O) groups excluding carboxylic acids is 3. The molecule has 0 aliphatic heterocycles. The second kappa shape index (κ2) is 8.44. The van der Waals surface area contributed by atoms with E-state index in [1.165, 1.54) is 12.1 Å². The van der Waals surface area contributed by atoms with Gasteiger partial charge in [0.25, 0.3) is 5.91 Å². The predicted molar refractivity (Wildman–Crippen MR) is 86.3 cm³/mol. The van der Waals surface area contributed by atoms with Gasteiger partial charge in [0.1, 0.15) is 0 Å². The largest absolute Gasteiger partial charge is 0.452 e. The fourth-order valence-electron chi connectivity index (χ4n) is 1.81. The summed E-state index contributed by atoms with van der Waals surface area (Å²) < 4.78 is 4.82. The van der Waals surface area contributed by atoms with Crippen molar-refractivity contribution in [2.45, 2.75) is 6.61 Å². The zero-order chi connectivity index (χ0) is 17.4. The first-order chi connectivity index (χ1) is 11.6. The third kappa shape index (κ3) is 5.22. The Labute approximate surface area is 138 Å². The molecule has 0 radical (unpaired) electrons. The van der Waals surface area contributed by atoms with Crippen molar-refractivity contribution in [2.75, 3.05) is 11.9 Å².